The van der Waals surface area contributed by atoms with Crippen molar-refractivity contribution in [1.82, 2.24) is 20.2 Å². The highest BCUT2D eigenvalue weighted by molar-refractivity contribution is 7.99. The van der Waals surface area contributed by atoms with Crippen LogP contribution in [0.4, 0.5) is 4.39 Å². The molecule has 118 valence electrons. The minimum atomic E-state index is -0.329. The Morgan fingerprint density at radius 3 is 2.83 bits per heavy atom. The van der Waals surface area contributed by atoms with Crippen molar-refractivity contribution < 1.29 is 4.39 Å². The smallest absolute Gasteiger partial charge is 0.205 e. The van der Waals surface area contributed by atoms with Gasteiger partial charge < -0.3 is 0 Å². The molecule has 0 bridgehead atoms. The number of tetrazole rings is 1. The molecule has 0 N–H and O–H groups in total. The van der Waals surface area contributed by atoms with Gasteiger partial charge in [0.25, 0.3) is 0 Å². The summed E-state index contributed by atoms with van der Waals surface area (Å²) in [5.41, 5.74) is 0.599. The van der Waals surface area contributed by atoms with E-state index in [1.807, 2.05) is 6.07 Å². The van der Waals surface area contributed by atoms with Crippen molar-refractivity contribution in [3.05, 3.63) is 58.3 Å². The molecule has 23 heavy (non-hydrogen) atoms. The molecule has 0 radical (unpaired) electrons. The van der Waals surface area contributed by atoms with Gasteiger partial charge in [-0.2, -0.15) is 4.80 Å². The molecule has 1 heterocycles. The van der Waals surface area contributed by atoms with Crippen LogP contribution in [0.3, 0.4) is 0 Å². The van der Waals surface area contributed by atoms with Gasteiger partial charge in [-0.3, -0.25) is 0 Å². The Labute approximate surface area is 146 Å². The minimum absolute atomic E-state index is 0.329. The molecule has 2 aromatic carbocycles. The number of thioether (sulfide) groups is 1. The van der Waals surface area contributed by atoms with Gasteiger partial charge in [-0.25, -0.2) is 4.39 Å². The van der Waals surface area contributed by atoms with Crippen molar-refractivity contribution in [3.63, 3.8) is 0 Å². The molecular weight excluding hydrogens is 358 g/mol. The fourth-order valence-electron chi connectivity index (χ4n) is 1.91. The molecular formula is C15H11Cl2FN4S. The first kappa shape index (κ1) is 16.2. The quantitative estimate of drug-likeness (QED) is 0.618. The van der Waals surface area contributed by atoms with Crippen molar-refractivity contribution in [2.75, 3.05) is 5.75 Å². The molecule has 0 atom stereocenters. The second-order valence-corrected chi connectivity index (χ2v) is 6.62. The second kappa shape index (κ2) is 7.29. The van der Waals surface area contributed by atoms with E-state index in [0.717, 1.165) is 4.90 Å². The van der Waals surface area contributed by atoms with Crippen LogP contribution >= 0.6 is 35.0 Å². The topological polar surface area (TPSA) is 43.6 Å². The van der Waals surface area contributed by atoms with Gasteiger partial charge in [-0.1, -0.05) is 35.3 Å². The highest BCUT2D eigenvalue weighted by atomic mass is 35.5. The van der Waals surface area contributed by atoms with Crippen molar-refractivity contribution in [2.24, 2.45) is 0 Å². The van der Waals surface area contributed by atoms with E-state index in [0.29, 0.717) is 33.7 Å². The van der Waals surface area contributed by atoms with E-state index in [1.165, 1.54) is 16.9 Å². The normalized spacial score (nSPS) is 10.9. The summed E-state index contributed by atoms with van der Waals surface area (Å²) in [5, 5.41) is 13.5. The monoisotopic (exact) mass is 368 g/mol. The lowest BCUT2D eigenvalue weighted by Crippen LogP contribution is -2.04. The Kier molecular flexibility index (Phi) is 5.15. The molecule has 0 aliphatic heterocycles. The molecule has 3 aromatic rings. The number of benzene rings is 2. The zero-order valence-electron chi connectivity index (χ0n) is 11.8. The minimum Gasteiger partial charge on any atom is -0.207 e. The zero-order chi connectivity index (χ0) is 16.2. The SMILES string of the molecule is Fc1cccc(-c2nnn(CCSc3cc(Cl)ccc3Cl)n2)c1. The standard InChI is InChI=1S/C15H11Cl2FN4S/c16-11-4-5-13(17)14(9-11)23-7-6-22-20-15(19-21-22)10-2-1-3-12(18)8-10/h1-5,8-9H,6-7H2. The summed E-state index contributed by atoms with van der Waals surface area (Å²) in [7, 11) is 0. The van der Waals surface area contributed by atoms with Crippen LogP contribution < -0.4 is 0 Å². The summed E-state index contributed by atoms with van der Waals surface area (Å²) in [6.07, 6.45) is 0. The summed E-state index contributed by atoms with van der Waals surface area (Å²) >= 11 is 13.6. The van der Waals surface area contributed by atoms with Gasteiger partial charge in [0, 0.05) is 21.2 Å². The molecule has 8 heteroatoms. The molecule has 0 aliphatic carbocycles. The molecule has 0 saturated heterocycles. The lowest BCUT2D eigenvalue weighted by molar-refractivity contribution is 0.557. The fraction of sp³-hybridized carbons (Fsp3) is 0.133. The summed E-state index contributed by atoms with van der Waals surface area (Å²) in [6.45, 7) is 0.551. The Morgan fingerprint density at radius 2 is 2.00 bits per heavy atom. The average molecular weight is 369 g/mol. The van der Waals surface area contributed by atoms with Crippen LogP contribution in [-0.4, -0.2) is 26.0 Å². The maximum atomic E-state index is 13.2. The van der Waals surface area contributed by atoms with Crippen LogP contribution in [0, 0.1) is 5.82 Å². The zero-order valence-corrected chi connectivity index (χ0v) is 14.1. The van der Waals surface area contributed by atoms with Gasteiger partial charge in [0.2, 0.25) is 5.82 Å². The van der Waals surface area contributed by atoms with E-state index in [9.17, 15) is 4.39 Å². The fourth-order valence-corrected chi connectivity index (χ4v) is 3.31. The van der Waals surface area contributed by atoms with Crippen molar-refractivity contribution in [2.45, 2.75) is 11.4 Å². The first-order valence-corrected chi connectivity index (χ1v) is 8.47. The molecule has 0 aliphatic rings. The Balaban J connectivity index is 1.62. The van der Waals surface area contributed by atoms with Crippen LogP contribution in [-0.2, 0) is 6.54 Å². The summed E-state index contributed by atoms with van der Waals surface area (Å²) in [5.74, 6) is 0.777. The van der Waals surface area contributed by atoms with Gasteiger partial charge in [0.05, 0.1) is 11.6 Å². The predicted octanol–water partition coefficient (Wildman–Crippen LogP) is 4.58. The first-order chi connectivity index (χ1) is 11.1. The number of halogens is 3. The van der Waals surface area contributed by atoms with Crippen LogP contribution in [0.15, 0.2) is 47.4 Å². The molecule has 1 aromatic heterocycles. The number of hydrogen-bond donors (Lipinski definition) is 0. The van der Waals surface area contributed by atoms with E-state index in [2.05, 4.69) is 15.4 Å². The average Bonchev–Trinajstić information content (AvgIpc) is 3.00. The van der Waals surface area contributed by atoms with Gasteiger partial charge in [-0.05, 0) is 35.5 Å². The summed E-state index contributed by atoms with van der Waals surface area (Å²) in [6, 6.07) is 11.4. The molecule has 0 amide bonds. The van der Waals surface area contributed by atoms with Gasteiger partial charge in [0.1, 0.15) is 5.82 Å². The third-order valence-corrected chi connectivity index (χ3v) is 4.69. The second-order valence-electron chi connectivity index (χ2n) is 4.64. The van der Waals surface area contributed by atoms with E-state index >= 15 is 0 Å². The van der Waals surface area contributed by atoms with Crippen molar-refractivity contribution in [3.8, 4) is 11.4 Å². The number of nitrogens with zero attached hydrogens (tertiary/aromatic N) is 4. The molecule has 0 fully saturated rings. The van der Waals surface area contributed by atoms with Crippen molar-refractivity contribution in [1.29, 1.82) is 0 Å². The van der Waals surface area contributed by atoms with Crippen LogP contribution in [0.1, 0.15) is 0 Å². The third kappa shape index (κ3) is 4.22. The molecule has 0 spiro atoms. The van der Waals surface area contributed by atoms with Gasteiger partial charge >= 0.3 is 0 Å². The summed E-state index contributed by atoms with van der Waals surface area (Å²) < 4.78 is 13.2. The highest BCUT2D eigenvalue weighted by Crippen LogP contribution is 2.29. The van der Waals surface area contributed by atoms with E-state index in [1.54, 1.807) is 36.0 Å². The molecule has 0 saturated carbocycles. The number of aryl methyl sites for hydroxylation is 1. The lowest BCUT2D eigenvalue weighted by atomic mass is 10.2. The van der Waals surface area contributed by atoms with Crippen LogP contribution in [0.2, 0.25) is 10.0 Å². The molecule has 0 unspecified atom stereocenters. The maximum absolute atomic E-state index is 13.2. The number of hydrogen-bond acceptors (Lipinski definition) is 4. The molecule has 4 nitrogen and oxygen atoms in total. The van der Waals surface area contributed by atoms with E-state index < -0.39 is 0 Å². The maximum Gasteiger partial charge on any atom is 0.205 e. The first-order valence-electron chi connectivity index (χ1n) is 6.73. The van der Waals surface area contributed by atoms with Crippen LogP contribution in [0.5, 0.6) is 0 Å². The Bertz CT molecular complexity index is 825. The van der Waals surface area contributed by atoms with E-state index in [4.69, 9.17) is 23.2 Å². The largest absolute Gasteiger partial charge is 0.207 e. The van der Waals surface area contributed by atoms with Crippen molar-refractivity contribution >= 4 is 35.0 Å². The highest BCUT2D eigenvalue weighted by Gasteiger charge is 2.07. The van der Waals surface area contributed by atoms with E-state index in [-0.39, 0.29) is 5.82 Å². The van der Waals surface area contributed by atoms with Gasteiger partial charge in [0.15, 0.2) is 0 Å². The third-order valence-electron chi connectivity index (χ3n) is 2.98. The van der Waals surface area contributed by atoms with Gasteiger partial charge in [-0.15, -0.1) is 22.0 Å². The Morgan fingerprint density at radius 1 is 1.13 bits per heavy atom. The summed E-state index contributed by atoms with van der Waals surface area (Å²) in [4.78, 5) is 2.38. The molecule has 3 rings (SSSR count). The Hall–Kier alpha value is -1.63. The number of rotatable bonds is 5. The van der Waals surface area contributed by atoms with Crippen LogP contribution in [0.25, 0.3) is 11.4 Å². The lowest BCUT2D eigenvalue weighted by Gasteiger charge is -2.04. The number of aromatic nitrogens is 4. The predicted molar refractivity (Wildman–Crippen MR) is 90.4 cm³/mol.